The van der Waals surface area contributed by atoms with Crippen LogP contribution in [0.3, 0.4) is 0 Å². The molecule has 4 nitrogen and oxygen atoms in total. The Labute approximate surface area is 291 Å². The number of nitrogens with zero attached hydrogens (tertiary/aromatic N) is 3. The predicted molar refractivity (Wildman–Crippen MR) is 200 cm³/mol. The van der Waals surface area contributed by atoms with Gasteiger partial charge in [0.1, 0.15) is 11.5 Å². The number of aromatic nitrogens is 3. The number of hydrogen-bond donors (Lipinski definition) is 0. The number of rotatable bonds is 6. The quantitative estimate of drug-likeness (QED) is 0.181. The van der Waals surface area contributed by atoms with Crippen LogP contribution in [0.1, 0.15) is 22.3 Å². The van der Waals surface area contributed by atoms with Crippen LogP contribution in [-0.2, 0) is 5.41 Å². The summed E-state index contributed by atoms with van der Waals surface area (Å²) in [4.78, 5) is 14.9. The molecule has 0 saturated heterocycles. The molecule has 0 aliphatic carbocycles. The maximum atomic E-state index is 6.92. The van der Waals surface area contributed by atoms with E-state index in [1.165, 1.54) is 11.1 Å². The standard InChI is InChI=1S/C46H31N3O/c1-5-17-32(18-6-1)43-47-44(33-19-7-2-8-20-33)49-45(48-43)35-22-15-21-34(31-35)38-27-16-29-40-42(38)50-41-30-14-13-28-39(41)46(40,36-23-9-3-10-24-36)37-25-11-4-12-26-37/h1-31H. The van der Waals surface area contributed by atoms with E-state index in [4.69, 9.17) is 19.7 Å². The molecule has 1 aliphatic rings. The van der Waals surface area contributed by atoms with Crippen molar-refractivity contribution >= 4 is 0 Å². The molecule has 0 fully saturated rings. The summed E-state index contributed by atoms with van der Waals surface area (Å²) >= 11 is 0. The minimum Gasteiger partial charge on any atom is -0.456 e. The Morgan fingerprint density at radius 3 is 1.40 bits per heavy atom. The van der Waals surface area contributed by atoms with E-state index in [9.17, 15) is 0 Å². The Balaban J connectivity index is 1.25. The van der Waals surface area contributed by atoms with Crippen molar-refractivity contribution in [2.45, 2.75) is 5.41 Å². The summed E-state index contributed by atoms with van der Waals surface area (Å²) in [6.45, 7) is 0. The molecule has 7 aromatic carbocycles. The van der Waals surface area contributed by atoms with Crippen molar-refractivity contribution in [1.29, 1.82) is 0 Å². The molecule has 2 heterocycles. The fourth-order valence-electron chi connectivity index (χ4n) is 7.22. The molecule has 1 aliphatic heterocycles. The van der Waals surface area contributed by atoms with Crippen molar-refractivity contribution in [3.8, 4) is 56.8 Å². The number of fused-ring (bicyclic) bond motifs is 2. The van der Waals surface area contributed by atoms with Crippen molar-refractivity contribution in [3.63, 3.8) is 0 Å². The van der Waals surface area contributed by atoms with E-state index in [0.29, 0.717) is 17.5 Å². The minimum absolute atomic E-state index is 0.594. The first kappa shape index (κ1) is 29.5. The molecule has 0 atom stereocenters. The van der Waals surface area contributed by atoms with Crippen LogP contribution in [-0.4, -0.2) is 15.0 Å². The Morgan fingerprint density at radius 1 is 0.360 bits per heavy atom. The number of hydrogen-bond acceptors (Lipinski definition) is 4. The molecule has 0 bridgehead atoms. The van der Waals surface area contributed by atoms with Crippen LogP contribution in [0.5, 0.6) is 11.5 Å². The molecular formula is C46H31N3O. The maximum absolute atomic E-state index is 6.92. The largest absolute Gasteiger partial charge is 0.456 e. The topological polar surface area (TPSA) is 47.9 Å². The van der Waals surface area contributed by atoms with Gasteiger partial charge in [0, 0.05) is 33.4 Å². The van der Waals surface area contributed by atoms with Crippen LogP contribution in [0, 0.1) is 0 Å². The zero-order valence-electron chi connectivity index (χ0n) is 27.1. The van der Waals surface area contributed by atoms with Gasteiger partial charge in [0.2, 0.25) is 0 Å². The van der Waals surface area contributed by atoms with Crippen molar-refractivity contribution < 1.29 is 4.74 Å². The molecule has 4 heteroatoms. The molecule has 0 unspecified atom stereocenters. The fraction of sp³-hybridized carbons (Fsp3) is 0.0217. The van der Waals surface area contributed by atoms with Gasteiger partial charge in [0.05, 0.1) is 5.41 Å². The molecule has 0 saturated carbocycles. The highest BCUT2D eigenvalue weighted by atomic mass is 16.5. The number of para-hydroxylation sites is 2. The first-order chi connectivity index (χ1) is 24.8. The Bertz CT molecular complexity index is 2350. The third-order valence-electron chi connectivity index (χ3n) is 9.47. The first-order valence-electron chi connectivity index (χ1n) is 16.8. The van der Waals surface area contributed by atoms with Gasteiger partial charge >= 0.3 is 0 Å². The van der Waals surface area contributed by atoms with Gasteiger partial charge in [-0.2, -0.15) is 0 Å². The van der Waals surface area contributed by atoms with Gasteiger partial charge in [-0.05, 0) is 28.8 Å². The zero-order chi connectivity index (χ0) is 33.3. The molecule has 9 rings (SSSR count). The van der Waals surface area contributed by atoms with E-state index in [2.05, 4.69) is 121 Å². The van der Waals surface area contributed by atoms with E-state index < -0.39 is 5.41 Å². The summed E-state index contributed by atoms with van der Waals surface area (Å²) in [5, 5.41) is 0. The highest BCUT2D eigenvalue weighted by molar-refractivity contribution is 5.81. The van der Waals surface area contributed by atoms with E-state index in [1.54, 1.807) is 0 Å². The molecule has 0 N–H and O–H groups in total. The third-order valence-corrected chi connectivity index (χ3v) is 9.47. The average molecular weight is 642 g/mol. The van der Waals surface area contributed by atoms with Crippen LogP contribution < -0.4 is 4.74 Å². The summed E-state index contributed by atoms with van der Waals surface area (Å²) in [6, 6.07) is 65.0. The van der Waals surface area contributed by atoms with Gasteiger partial charge in [-0.3, -0.25) is 0 Å². The Morgan fingerprint density at radius 2 is 0.800 bits per heavy atom. The first-order valence-corrected chi connectivity index (χ1v) is 16.8. The molecule has 8 aromatic rings. The lowest BCUT2D eigenvalue weighted by atomic mass is 9.63. The summed E-state index contributed by atoms with van der Waals surface area (Å²) in [6.07, 6.45) is 0. The van der Waals surface area contributed by atoms with Gasteiger partial charge < -0.3 is 4.74 Å². The lowest BCUT2D eigenvalue weighted by Crippen LogP contribution is -2.34. The van der Waals surface area contributed by atoms with Crippen molar-refractivity contribution in [3.05, 3.63) is 210 Å². The van der Waals surface area contributed by atoms with Crippen LogP contribution in [0.2, 0.25) is 0 Å². The average Bonchev–Trinajstić information content (AvgIpc) is 3.21. The molecule has 1 aromatic heterocycles. The van der Waals surface area contributed by atoms with Crippen molar-refractivity contribution in [1.82, 2.24) is 15.0 Å². The second-order valence-electron chi connectivity index (χ2n) is 12.4. The molecular weight excluding hydrogens is 611 g/mol. The van der Waals surface area contributed by atoms with E-state index in [0.717, 1.165) is 50.4 Å². The second-order valence-corrected chi connectivity index (χ2v) is 12.4. The second kappa shape index (κ2) is 12.4. The smallest absolute Gasteiger partial charge is 0.164 e. The summed E-state index contributed by atoms with van der Waals surface area (Å²) in [7, 11) is 0. The minimum atomic E-state index is -0.594. The van der Waals surface area contributed by atoms with E-state index in [-0.39, 0.29) is 0 Å². The van der Waals surface area contributed by atoms with Crippen LogP contribution >= 0.6 is 0 Å². The van der Waals surface area contributed by atoms with Crippen molar-refractivity contribution in [2.75, 3.05) is 0 Å². The number of ether oxygens (including phenoxy) is 1. The maximum Gasteiger partial charge on any atom is 0.164 e. The van der Waals surface area contributed by atoms with E-state index >= 15 is 0 Å². The highest BCUT2D eigenvalue weighted by Crippen LogP contribution is 2.57. The monoisotopic (exact) mass is 641 g/mol. The lowest BCUT2D eigenvalue weighted by molar-refractivity contribution is 0.436. The summed E-state index contributed by atoms with van der Waals surface area (Å²) < 4.78 is 6.92. The summed E-state index contributed by atoms with van der Waals surface area (Å²) in [5.74, 6) is 3.55. The van der Waals surface area contributed by atoms with Crippen LogP contribution in [0.15, 0.2) is 188 Å². The van der Waals surface area contributed by atoms with Gasteiger partial charge in [-0.1, -0.05) is 176 Å². The Kier molecular flexibility index (Phi) is 7.33. The molecule has 236 valence electrons. The van der Waals surface area contributed by atoms with Gasteiger partial charge in [-0.25, -0.2) is 15.0 Å². The normalized spacial score (nSPS) is 12.7. The lowest BCUT2D eigenvalue weighted by Gasteiger charge is -2.42. The predicted octanol–water partition coefficient (Wildman–Crippen LogP) is 11.0. The fourth-order valence-corrected chi connectivity index (χ4v) is 7.22. The highest BCUT2D eigenvalue weighted by Gasteiger charge is 2.45. The summed E-state index contributed by atoms with van der Waals surface area (Å²) in [5.41, 5.74) is 8.75. The van der Waals surface area contributed by atoms with E-state index in [1.807, 2.05) is 66.7 Å². The van der Waals surface area contributed by atoms with Gasteiger partial charge in [-0.15, -0.1) is 0 Å². The van der Waals surface area contributed by atoms with Gasteiger partial charge in [0.25, 0.3) is 0 Å². The van der Waals surface area contributed by atoms with Gasteiger partial charge in [0.15, 0.2) is 17.5 Å². The molecule has 50 heavy (non-hydrogen) atoms. The number of benzene rings is 7. The molecule has 0 amide bonds. The zero-order valence-corrected chi connectivity index (χ0v) is 27.1. The van der Waals surface area contributed by atoms with Crippen molar-refractivity contribution in [2.24, 2.45) is 0 Å². The Hall–Kier alpha value is -6.65. The SMILES string of the molecule is c1ccc(-c2nc(-c3ccccc3)nc(-c3cccc(-c4cccc5c4Oc4ccccc4C5(c4ccccc4)c4ccccc4)c3)n2)cc1. The third kappa shape index (κ3) is 4.97. The molecule has 0 radical (unpaired) electrons. The van der Waals surface area contributed by atoms with Crippen LogP contribution in [0.4, 0.5) is 0 Å². The molecule has 0 spiro atoms. The van der Waals surface area contributed by atoms with Crippen LogP contribution in [0.25, 0.3) is 45.3 Å².